The Kier molecular flexibility index (Phi) is 6.18. The van der Waals surface area contributed by atoms with E-state index in [0.717, 1.165) is 18.6 Å². The summed E-state index contributed by atoms with van der Waals surface area (Å²) >= 11 is 0. The number of carbonyl (C=O) groups is 2. The molecule has 0 spiro atoms. The van der Waals surface area contributed by atoms with E-state index < -0.39 is 6.10 Å². The molecule has 0 bridgehead atoms. The van der Waals surface area contributed by atoms with Crippen LogP contribution < -0.4 is 10.1 Å². The zero-order valence-corrected chi connectivity index (χ0v) is 14.2. The third-order valence-electron chi connectivity index (χ3n) is 3.72. The van der Waals surface area contributed by atoms with Crippen LogP contribution in [0.2, 0.25) is 0 Å². The molecule has 24 heavy (non-hydrogen) atoms. The van der Waals surface area contributed by atoms with Crippen molar-refractivity contribution in [2.45, 2.75) is 45.8 Å². The summed E-state index contributed by atoms with van der Waals surface area (Å²) in [4.78, 5) is 23.6. The fourth-order valence-electron chi connectivity index (χ4n) is 2.29. The van der Waals surface area contributed by atoms with Crippen molar-refractivity contribution in [3.63, 3.8) is 0 Å². The summed E-state index contributed by atoms with van der Waals surface area (Å²) < 4.78 is 10.9. The lowest BCUT2D eigenvalue weighted by atomic mass is 10.1. The van der Waals surface area contributed by atoms with Crippen LogP contribution >= 0.6 is 0 Å². The molecule has 0 unspecified atom stereocenters. The van der Waals surface area contributed by atoms with Crippen LogP contribution in [0.5, 0.6) is 5.75 Å². The number of benzene rings is 1. The molecule has 5 heteroatoms. The van der Waals surface area contributed by atoms with Gasteiger partial charge in [-0.2, -0.15) is 0 Å². The first kappa shape index (κ1) is 17.8. The van der Waals surface area contributed by atoms with Crippen LogP contribution in [0.1, 0.15) is 43.3 Å². The van der Waals surface area contributed by atoms with Gasteiger partial charge in [-0.3, -0.25) is 9.59 Å². The van der Waals surface area contributed by atoms with Crippen molar-refractivity contribution in [3.05, 3.63) is 54.0 Å². The minimum absolute atomic E-state index is 0.0113. The molecule has 0 aliphatic heterocycles. The molecular formula is C19H23NO4. The van der Waals surface area contributed by atoms with Gasteiger partial charge in [0.25, 0.3) is 5.91 Å². The standard InChI is InChI=1S/C19H23NO4/c1-13(9-10-17-8-5-11-23-17)20-19(22)15(3)24-18-7-4-6-16(12-18)14(2)21/h4-8,11-13,15H,9-10H2,1-3H3,(H,20,22)/t13-,15+/m1/s1. The minimum atomic E-state index is -0.640. The molecule has 0 saturated carbocycles. The number of Topliss-reactive ketones (excluding diaryl/α,β-unsaturated/α-hetero) is 1. The first-order chi connectivity index (χ1) is 11.5. The van der Waals surface area contributed by atoms with E-state index in [1.54, 1.807) is 37.5 Å². The van der Waals surface area contributed by atoms with Gasteiger partial charge in [0.05, 0.1) is 6.26 Å². The number of carbonyl (C=O) groups excluding carboxylic acids is 2. The van der Waals surface area contributed by atoms with Crippen LogP contribution in [-0.4, -0.2) is 23.8 Å². The Bertz CT molecular complexity index is 678. The topological polar surface area (TPSA) is 68.5 Å². The largest absolute Gasteiger partial charge is 0.481 e. The van der Waals surface area contributed by atoms with E-state index in [1.807, 2.05) is 19.1 Å². The molecule has 2 aromatic rings. The van der Waals surface area contributed by atoms with Crippen LogP contribution in [0.4, 0.5) is 0 Å². The van der Waals surface area contributed by atoms with Crippen molar-refractivity contribution in [1.82, 2.24) is 5.32 Å². The van der Waals surface area contributed by atoms with Gasteiger partial charge < -0.3 is 14.5 Å². The van der Waals surface area contributed by atoms with E-state index in [4.69, 9.17) is 9.15 Å². The van der Waals surface area contributed by atoms with Gasteiger partial charge in [-0.05, 0) is 51.5 Å². The zero-order valence-electron chi connectivity index (χ0n) is 14.2. The highest BCUT2D eigenvalue weighted by Gasteiger charge is 2.17. The minimum Gasteiger partial charge on any atom is -0.481 e. The van der Waals surface area contributed by atoms with Gasteiger partial charge in [0.2, 0.25) is 0 Å². The fourth-order valence-corrected chi connectivity index (χ4v) is 2.29. The molecule has 0 radical (unpaired) electrons. The Morgan fingerprint density at radius 1 is 1.21 bits per heavy atom. The number of aryl methyl sites for hydroxylation is 1. The Morgan fingerprint density at radius 2 is 2.00 bits per heavy atom. The van der Waals surface area contributed by atoms with Crippen molar-refractivity contribution < 1.29 is 18.7 Å². The number of furan rings is 1. The molecule has 1 amide bonds. The highest BCUT2D eigenvalue weighted by Crippen LogP contribution is 2.15. The molecule has 2 rings (SSSR count). The lowest BCUT2D eigenvalue weighted by Gasteiger charge is -2.18. The van der Waals surface area contributed by atoms with Crippen molar-refractivity contribution in [2.24, 2.45) is 0 Å². The van der Waals surface area contributed by atoms with Gasteiger partial charge in [0.1, 0.15) is 11.5 Å². The first-order valence-electron chi connectivity index (χ1n) is 8.06. The van der Waals surface area contributed by atoms with Gasteiger partial charge >= 0.3 is 0 Å². The van der Waals surface area contributed by atoms with E-state index in [1.165, 1.54) is 6.92 Å². The van der Waals surface area contributed by atoms with Crippen molar-refractivity contribution in [2.75, 3.05) is 0 Å². The second-order valence-corrected chi connectivity index (χ2v) is 5.87. The Morgan fingerprint density at radius 3 is 2.67 bits per heavy atom. The molecule has 1 aromatic carbocycles. The molecule has 128 valence electrons. The van der Waals surface area contributed by atoms with E-state index in [2.05, 4.69) is 5.32 Å². The first-order valence-corrected chi connectivity index (χ1v) is 8.06. The van der Waals surface area contributed by atoms with Gasteiger partial charge in [-0.15, -0.1) is 0 Å². The SMILES string of the molecule is CC(=O)c1cccc(O[C@@H](C)C(=O)N[C@H](C)CCc2ccco2)c1. The molecular weight excluding hydrogens is 306 g/mol. The maximum atomic E-state index is 12.2. The predicted molar refractivity (Wildman–Crippen MR) is 91.2 cm³/mol. The summed E-state index contributed by atoms with van der Waals surface area (Å²) in [7, 11) is 0. The van der Waals surface area contributed by atoms with Crippen LogP contribution in [0.25, 0.3) is 0 Å². The molecule has 1 N–H and O–H groups in total. The quantitative estimate of drug-likeness (QED) is 0.754. The van der Waals surface area contributed by atoms with E-state index in [-0.39, 0.29) is 17.7 Å². The molecule has 1 aromatic heterocycles. The van der Waals surface area contributed by atoms with E-state index >= 15 is 0 Å². The third-order valence-corrected chi connectivity index (χ3v) is 3.72. The van der Waals surface area contributed by atoms with Crippen molar-refractivity contribution in [3.8, 4) is 5.75 Å². The molecule has 0 aliphatic rings. The maximum Gasteiger partial charge on any atom is 0.260 e. The summed E-state index contributed by atoms with van der Waals surface area (Å²) in [5.41, 5.74) is 0.562. The molecule has 1 heterocycles. The van der Waals surface area contributed by atoms with Gasteiger partial charge in [0.15, 0.2) is 11.9 Å². The molecule has 0 fully saturated rings. The maximum absolute atomic E-state index is 12.2. The Balaban J connectivity index is 1.83. The van der Waals surface area contributed by atoms with Crippen LogP contribution in [0.3, 0.4) is 0 Å². The number of ether oxygens (including phenoxy) is 1. The van der Waals surface area contributed by atoms with Crippen molar-refractivity contribution in [1.29, 1.82) is 0 Å². The molecule has 0 saturated heterocycles. The Hall–Kier alpha value is -2.56. The highest BCUT2D eigenvalue weighted by atomic mass is 16.5. The fraction of sp³-hybridized carbons (Fsp3) is 0.368. The second-order valence-electron chi connectivity index (χ2n) is 5.87. The summed E-state index contributed by atoms with van der Waals surface area (Å²) in [5, 5.41) is 2.93. The third kappa shape index (κ3) is 5.26. The number of hydrogen-bond donors (Lipinski definition) is 1. The van der Waals surface area contributed by atoms with Gasteiger partial charge in [-0.1, -0.05) is 12.1 Å². The van der Waals surface area contributed by atoms with Crippen LogP contribution in [0, 0.1) is 0 Å². The van der Waals surface area contributed by atoms with E-state index in [9.17, 15) is 9.59 Å². The number of amides is 1. The number of ketones is 1. The summed E-state index contributed by atoms with van der Waals surface area (Å²) in [6, 6.07) is 10.6. The summed E-state index contributed by atoms with van der Waals surface area (Å²) in [6.07, 6.45) is 2.55. The summed E-state index contributed by atoms with van der Waals surface area (Å²) in [5.74, 6) is 1.19. The van der Waals surface area contributed by atoms with Crippen molar-refractivity contribution >= 4 is 11.7 Å². The lowest BCUT2D eigenvalue weighted by Crippen LogP contribution is -2.41. The normalized spacial score (nSPS) is 13.1. The molecule has 0 aliphatic carbocycles. The monoisotopic (exact) mass is 329 g/mol. The average Bonchev–Trinajstić information content (AvgIpc) is 3.06. The lowest BCUT2D eigenvalue weighted by molar-refractivity contribution is -0.127. The number of nitrogens with one attached hydrogen (secondary N) is 1. The van der Waals surface area contributed by atoms with E-state index in [0.29, 0.717) is 11.3 Å². The highest BCUT2D eigenvalue weighted by molar-refractivity contribution is 5.94. The second kappa shape index (κ2) is 8.34. The zero-order chi connectivity index (χ0) is 17.5. The number of hydrogen-bond acceptors (Lipinski definition) is 4. The van der Waals surface area contributed by atoms with Gasteiger partial charge in [-0.25, -0.2) is 0 Å². The van der Waals surface area contributed by atoms with Crippen LogP contribution in [-0.2, 0) is 11.2 Å². The Labute approximate surface area is 142 Å². The smallest absolute Gasteiger partial charge is 0.260 e. The summed E-state index contributed by atoms with van der Waals surface area (Å²) in [6.45, 7) is 5.13. The number of rotatable bonds is 8. The van der Waals surface area contributed by atoms with Gasteiger partial charge in [0, 0.05) is 18.0 Å². The molecule has 2 atom stereocenters. The molecule has 5 nitrogen and oxygen atoms in total. The van der Waals surface area contributed by atoms with Crippen LogP contribution in [0.15, 0.2) is 47.1 Å². The predicted octanol–water partition coefficient (Wildman–Crippen LogP) is 3.39. The average molecular weight is 329 g/mol.